The first-order valence-corrected chi connectivity index (χ1v) is 4.50. The molecule has 0 amide bonds. The lowest BCUT2D eigenvalue weighted by molar-refractivity contribution is -0.0519. The molecule has 2 aromatic rings. The molecule has 74 valence electrons. The van der Waals surface area contributed by atoms with E-state index in [1.807, 2.05) is 0 Å². The van der Waals surface area contributed by atoms with Crippen LogP contribution in [0.3, 0.4) is 0 Å². The van der Waals surface area contributed by atoms with Crippen LogP contribution in [0.15, 0.2) is 12.5 Å². The van der Waals surface area contributed by atoms with E-state index in [0.717, 1.165) is 11.2 Å². The van der Waals surface area contributed by atoms with Crippen molar-refractivity contribution in [2.75, 3.05) is 0 Å². The van der Waals surface area contributed by atoms with E-state index >= 15 is 0 Å². The zero-order valence-electron chi connectivity index (χ0n) is 7.33. The van der Waals surface area contributed by atoms with Crippen molar-refractivity contribution >= 4 is 5.65 Å². The molecule has 0 radical (unpaired) electrons. The van der Waals surface area contributed by atoms with Gasteiger partial charge in [0.1, 0.15) is 6.33 Å². The number of rotatable bonds is 1. The van der Waals surface area contributed by atoms with Crippen LogP contribution in [0.1, 0.15) is 17.9 Å². The number of aromatic nitrogens is 4. The average Bonchev–Trinajstić information content (AvgIpc) is 2.69. The van der Waals surface area contributed by atoms with Crippen LogP contribution in [0.2, 0.25) is 0 Å². The molecule has 0 aliphatic heterocycles. The maximum absolute atomic E-state index is 9.52. The fraction of sp³-hybridized carbons (Fsp3) is 0.500. The van der Waals surface area contributed by atoms with Gasteiger partial charge >= 0.3 is 0 Å². The summed E-state index contributed by atoms with van der Waals surface area (Å²) >= 11 is 0. The zero-order chi connectivity index (χ0) is 9.71. The normalized spacial score (nSPS) is 32.0. The second-order valence-electron chi connectivity index (χ2n) is 3.65. The average molecular weight is 194 g/mol. The minimum atomic E-state index is -0.471. The highest BCUT2D eigenvalue weighted by molar-refractivity contribution is 5.49. The SMILES string of the molecule is OC1CC(O)C1c1cnn2cn[nH]c12. The third kappa shape index (κ3) is 0.865. The summed E-state index contributed by atoms with van der Waals surface area (Å²) in [5, 5.41) is 29.7. The fourth-order valence-electron chi connectivity index (χ4n) is 1.98. The summed E-state index contributed by atoms with van der Waals surface area (Å²) in [4.78, 5) is 0. The quantitative estimate of drug-likeness (QED) is 0.558. The number of hydrogen-bond acceptors (Lipinski definition) is 4. The Morgan fingerprint density at radius 2 is 2.21 bits per heavy atom. The summed E-state index contributed by atoms with van der Waals surface area (Å²) in [5.74, 6) is -0.229. The fourth-order valence-corrected chi connectivity index (χ4v) is 1.98. The molecule has 1 aliphatic carbocycles. The Hall–Kier alpha value is -1.40. The lowest BCUT2D eigenvalue weighted by atomic mass is 9.75. The molecule has 1 fully saturated rings. The van der Waals surface area contributed by atoms with E-state index in [9.17, 15) is 10.2 Å². The van der Waals surface area contributed by atoms with Gasteiger partial charge in [-0.1, -0.05) is 0 Å². The monoisotopic (exact) mass is 194 g/mol. The van der Waals surface area contributed by atoms with E-state index in [1.165, 1.54) is 0 Å². The van der Waals surface area contributed by atoms with Crippen LogP contribution in [0.4, 0.5) is 0 Å². The van der Waals surface area contributed by atoms with Crippen molar-refractivity contribution in [3.63, 3.8) is 0 Å². The Labute approximate surface area is 79.2 Å². The molecule has 14 heavy (non-hydrogen) atoms. The van der Waals surface area contributed by atoms with Gasteiger partial charge in [-0.2, -0.15) is 10.2 Å². The van der Waals surface area contributed by atoms with Gasteiger partial charge < -0.3 is 10.2 Å². The lowest BCUT2D eigenvalue weighted by Gasteiger charge is -2.37. The van der Waals surface area contributed by atoms with Crippen LogP contribution in [0.25, 0.3) is 5.65 Å². The topological polar surface area (TPSA) is 86.4 Å². The smallest absolute Gasteiger partial charge is 0.154 e. The minimum Gasteiger partial charge on any atom is -0.392 e. The molecule has 0 spiro atoms. The van der Waals surface area contributed by atoms with Crippen molar-refractivity contribution in [3.05, 3.63) is 18.1 Å². The van der Waals surface area contributed by atoms with Crippen molar-refractivity contribution in [1.29, 1.82) is 0 Å². The molecule has 6 nitrogen and oxygen atoms in total. The Morgan fingerprint density at radius 3 is 2.93 bits per heavy atom. The van der Waals surface area contributed by atoms with E-state index in [1.54, 1.807) is 17.0 Å². The summed E-state index contributed by atoms with van der Waals surface area (Å²) in [6.07, 6.45) is 2.71. The van der Waals surface area contributed by atoms with Crippen LogP contribution < -0.4 is 0 Å². The first-order valence-electron chi connectivity index (χ1n) is 4.50. The number of aliphatic hydroxyl groups is 2. The number of aromatic amines is 1. The third-order valence-electron chi connectivity index (χ3n) is 2.83. The van der Waals surface area contributed by atoms with Crippen molar-refractivity contribution in [2.24, 2.45) is 0 Å². The Bertz CT molecular complexity index is 455. The number of nitrogens with zero attached hydrogens (tertiary/aromatic N) is 3. The van der Waals surface area contributed by atoms with E-state index in [4.69, 9.17) is 0 Å². The predicted molar refractivity (Wildman–Crippen MR) is 46.7 cm³/mol. The second kappa shape index (κ2) is 2.55. The van der Waals surface area contributed by atoms with Gasteiger partial charge in [0.05, 0.1) is 18.4 Å². The Balaban J connectivity index is 2.09. The summed E-state index contributed by atoms with van der Waals surface area (Å²) in [6, 6.07) is 0. The molecule has 3 rings (SSSR count). The molecule has 0 aromatic carbocycles. The standard InChI is InChI=1S/C8H10N4O2/c13-5-1-6(14)7(5)4-2-10-12-3-9-11-8(4)12/h2-3,5-7,11,13-14H,1H2. The van der Waals surface area contributed by atoms with Gasteiger partial charge in [-0.15, -0.1) is 0 Å². The molecule has 1 aliphatic rings. The Morgan fingerprint density at radius 1 is 1.43 bits per heavy atom. The molecule has 2 heterocycles. The van der Waals surface area contributed by atoms with E-state index in [0.29, 0.717) is 6.42 Å². The van der Waals surface area contributed by atoms with Crippen LogP contribution in [0.5, 0.6) is 0 Å². The highest BCUT2D eigenvalue weighted by atomic mass is 16.3. The van der Waals surface area contributed by atoms with Crippen molar-refractivity contribution < 1.29 is 10.2 Å². The van der Waals surface area contributed by atoms with Crippen LogP contribution in [-0.2, 0) is 0 Å². The lowest BCUT2D eigenvalue weighted by Crippen LogP contribution is -2.43. The van der Waals surface area contributed by atoms with E-state index in [2.05, 4.69) is 15.3 Å². The summed E-state index contributed by atoms with van der Waals surface area (Å²) in [6.45, 7) is 0. The Kier molecular flexibility index (Phi) is 1.45. The molecule has 6 heteroatoms. The van der Waals surface area contributed by atoms with Gasteiger partial charge in [-0.25, -0.2) is 4.52 Å². The van der Waals surface area contributed by atoms with Gasteiger partial charge in [-0.05, 0) is 0 Å². The zero-order valence-corrected chi connectivity index (χ0v) is 7.33. The largest absolute Gasteiger partial charge is 0.392 e. The van der Waals surface area contributed by atoms with Gasteiger partial charge in [-0.3, -0.25) is 5.10 Å². The molecular weight excluding hydrogens is 184 g/mol. The summed E-state index contributed by atoms with van der Waals surface area (Å²) < 4.78 is 1.59. The molecular formula is C8H10N4O2. The minimum absolute atomic E-state index is 0.229. The van der Waals surface area contributed by atoms with Crippen molar-refractivity contribution in [2.45, 2.75) is 24.5 Å². The van der Waals surface area contributed by atoms with Crippen LogP contribution in [0, 0.1) is 0 Å². The maximum atomic E-state index is 9.52. The molecule has 2 atom stereocenters. The third-order valence-corrected chi connectivity index (χ3v) is 2.83. The van der Waals surface area contributed by atoms with Gasteiger partial charge in [0.25, 0.3) is 0 Å². The number of nitrogens with one attached hydrogen (secondary N) is 1. The summed E-state index contributed by atoms with van der Waals surface area (Å²) in [5.41, 5.74) is 1.57. The molecule has 1 saturated carbocycles. The maximum Gasteiger partial charge on any atom is 0.154 e. The second-order valence-corrected chi connectivity index (χ2v) is 3.65. The first-order chi connectivity index (χ1) is 6.77. The molecule has 0 bridgehead atoms. The molecule has 3 N–H and O–H groups in total. The van der Waals surface area contributed by atoms with E-state index < -0.39 is 12.2 Å². The predicted octanol–water partition coefficient (Wildman–Crippen LogP) is -0.734. The van der Waals surface area contributed by atoms with Crippen molar-refractivity contribution in [1.82, 2.24) is 19.8 Å². The molecule has 2 aromatic heterocycles. The number of H-pyrrole nitrogens is 1. The molecule has 0 saturated heterocycles. The molecule has 2 unspecified atom stereocenters. The van der Waals surface area contributed by atoms with E-state index in [-0.39, 0.29) is 5.92 Å². The van der Waals surface area contributed by atoms with Gasteiger partial charge in [0, 0.05) is 17.9 Å². The number of aliphatic hydroxyl groups excluding tert-OH is 2. The van der Waals surface area contributed by atoms with Gasteiger partial charge in [0.2, 0.25) is 0 Å². The number of hydrogen-bond donors (Lipinski definition) is 3. The van der Waals surface area contributed by atoms with Crippen LogP contribution in [-0.4, -0.2) is 42.2 Å². The van der Waals surface area contributed by atoms with Crippen molar-refractivity contribution in [3.8, 4) is 0 Å². The first kappa shape index (κ1) is 7.95. The highest BCUT2D eigenvalue weighted by Crippen LogP contribution is 2.38. The summed E-state index contributed by atoms with van der Waals surface area (Å²) in [7, 11) is 0. The number of fused-ring (bicyclic) bond motifs is 1. The van der Waals surface area contributed by atoms with Gasteiger partial charge in [0.15, 0.2) is 5.65 Å². The highest BCUT2D eigenvalue weighted by Gasteiger charge is 2.41. The van der Waals surface area contributed by atoms with Crippen LogP contribution >= 0.6 is 0 Å².